The van der Waals surface area contributed by atoms with E-state index in [1.54, 1.807) is 0 Å². The molecule has 0 unspecified atom stereocenters. The van der Waals surface area contributed by atoms with Crippen LogP contribution in [0.4, 0.5) is 0 Å². The van der Waals surface area contributed by atoms with E-state index in [-0.39, 0.29) is 11.4 Å². The highest BCUT2D eigenvalue weighted by Gasteiger charge is 2.43. The zero-order valence-corrected chi connectivity index (χ0v) is 19.6. The molecule has 0 bridgehead atoms. The maximum Gasteiger partial charge on any atom is 0.307 e. The molecule has 2 fully saturated rings. The molecule has 0 radical (unpaired) electrons. The Kier molecular flexibility index (Phi) is 6.80. The van der Waals surface area contributed by atoms with Crippen molar-refractivity contribution in [3.05, 3.63) is 23.8 Å². The lowest BCUT2D eigenvalue weighted by atomic mass is 9.74. The molecule has 2 aliphatic heterocycles. The number of nitrogens with zero attached hydrogens (tertiary/aromatic N) is 1. The normalized spacial score (nSPS) is 21.5. The molecule has 172 valence electrons. The average molecular weight is 430 g/mol. The number of likely N-dealkylation sites (tertiary alicyclic amines) is 1. The largest absolute Gasteiger partial charge is 0.493 e. The number of carbonyl (C=O) groups excluding carboxylic acids is 1. The van der Waals surface area contributed by atoms with E-state index >= 15 is 0 Å². The Morgan fingerprint density at radius 2 is 1.90 bits per heavy atom. The summed E-state index contributed by atoms with van der Waals surface area (Å²) in [5.41, 5.74) is 0.993. The number of rotatable bonds is 6. The van der Waals surface area contributed by atoms with E-state index in [0.717, 1.165) is 57.2 Å². The van der Waals surface area contributed by atoms with Crippen LogP contribution in [0.2, 0.25) is 0 Å². The maximum absolute atomic E-state index is 12.0. The Balaban J connectivity index is 1.31. The average Bonchev–Trinajstić information content (AvgIpc) is 3.09. The first-order valence-corrected chi connectivity index (χ1v) is 12.2. The lowest BCUT2D eigenvalue weighted by Crippen LogP contribution is -2.44. The number of piperidine rings is 1. The molecule has 1 aliphatic carbocycles. The highest BCUT2D eigenvalue weighted by Crippen LogP contribution is 2.46. The van der Waals surface area contributed by atoms with E-state index in [0.29, 0.717) is 12.3 Å². The van der Waals surface area contributed by atoms with Gasteiger partial charge in [0.1, 0.15) is 17.1 Å². The fourth-order valence-electron chi connectivity index (χ4n) is 5.26. The van der Waals surface area contributed by atoms with E-state index in [9.17, 15) is 4.79 Å². The number of esters is 1. The molecule has 0 aromatic heterocycles. The van der Waals surface area contributed by atoms with Crippen LogP contribution in [-0.4, -0.2) is 49.3 Å². The first kappa shape index (κ1) is 22.4. The summed E-state index contributed by atoms with van der Waals surface area (Å²) in [4.78, 5) is 14.4. The molecule has 1 saturated carbocycles. The predicted octanol–water partition coefficient (Wildman–Crippen LogP) is 5.10. The molecule has 0 amide bonds. The highest BCUT2D eigenvalue weighted by atomic mass is 16.6. The Bertz CT molecular complexity index is 755. The fraction of sp³-hybridized carbons (Fsp3) is 0.731. The summed E-state index contributed by atoms with van der Waals surface area (Å²) in [6, 6.07) is 6.40. The van der Waals surface area contributed by atoms with Crippen molar-refractivity contribution in [2.24, 2.45) is 5.92 Å². The summed E-state index contributed by atoms with van der Waals surface area (Å²) < 4.78 is 17.7. The molecule has 31 heavy (non-hydrogen) atoms. The van der Waals surface area contributed by atoms with Crippen LogP contribution < -0.4 is 9.47 Å². The Labute approximate surface area is 187 Å². The summed E-state index contributed by atoms with van der Waals surface area (Å²) in [6.45, 7) is 10.1. The van der Waals surface area contributed by atoms with Gasteiger partial charge in [0.05, 0.1) is 19.6 Å². The van der Waals surface area contributed by atoms with Crippen molar-refractivity contribution in [3.8, 4) is 11.5 Å². The highest BCUT2D eigenvalue weighted by molar-refractivity contribution is 5.70. The maximum atomic E-state index is 12.0. The summed E-state index contributed by atoms with van der Waals surface area (Å²) in [7, 11) is 0. The van der Waals surface area contributed by atoms with Gasteiger partial charge in [-0.25, -0.2) is 0 Å². The van der Waals surface area contributed by atoms with Crippen molar-refractivity contribution in [3.63, 3.8) is 0 Å². The number of hydrogen-bond donors (Lipinski definition) is 0. The standard InChI is InChI=1S/C26H39NO4/c1-25(2,3)31-24(28)11-14-27-15-12-26(13-16-27)19-30-23-10-9-21(17-22(23)26)29-18-20-7-5-4-6-8-20/h9-10,17,20H,4-8,11-16,18-19H2,1-3H3. The Hall–Kier alpha value is -1.75. The van der Waals surface area contributed by atoms with E-state index in [4.69, 9.17) is 14.2 Å². The topological polar surface area (TPSA) is 48.0 Å². The minimum absolute atomic E-state index is 0.0853. The molecular formula is C26H39NO4. The smallest absolute Gasteiger partial charge is 0.307 e. The number of ether oxygens (including phenoxy) is 3. The molecule has 0 N–H and O–H groups in total. The molecule has 1 spiro atoms. The van der Waals surface area contributed by atoms with Gasteiger partial charge < -0.3 is 19.1 Å². The summed E-state index contributed by atoms with van der Waals surface area (Å²) in [5.74, 6) is 2.61. The van der Waals surface area contributed by atoms with Crippen LogP contribution in [0, 0.1) is 5.92 Å². The van der Waals surface area contributed by atoms with E-state index in [1.165, 1.54) is 37.7 Å². The molecular weight excluding hydrogens is 390 g/mol. The molecule has 4 rings (SSSR count). The molecule has 5 heteroatoms. The summed E-state index contributed by atoms with van der Waals surface area (Å²) >= 11 is 0. The van der Waals surface area contributed by atoms with E-state index in [1.807, 2.05) is 20.8 Å². The van der Waals surface area contributed by atoms with Crippen LogP contribution >= 0.6 is 0 Å². The van der Waals surface area contributed by atoms with Gasteiger partial charge in [-0.15, -0.1) is 0 Å². The van der Waals surface area contributed by atoms with Gasteiger partial charge in [0.25, 0.3) is 0 Å². The molecule has 1 aromatic carbocycles. The van der Waals surface area contributed by atoms with Gasteiger partial charge in [0.15, 0.2) is 0 Å². The lowest BCUT2D eigenvalue weighted by molar-refractivity contribution is -0.155. The zero-order valence-electron chi connectivity index (χ0n) is 19.6. The number of benzene rings is 1. The van der Waals surface area contributed by atoms with Crippen molar-refractivity contribution < 1.29 is 19.0 Å². The summed E-state index contributed by atoms with van der Waals surface area (Å²) in [6.07, 6.45) is 9.24. The number of carbonyl (C=O) groups is 1. The minimum Gasteiger partial charge on any atom is -0.493 e. The van der Waals surface area contributed by atoms with E-state index < -0.39 is 5.60 Å². The van der Waals surface area contributed by atoms with Gasteiger partial charge in [-0.2, -0.15) is 0 Å². The van der Waals surface area contributed by atoms with Crippen molar-refractivity contribution in [2.75, 3.05) is 32.8 Å². The first-order chi connectivity index (χ1) is 14.8. The third-order valence-corrected chi connectivity index (χ3v) is 7.10. The second-order valence-electron chi connectivity index (χ2n) is 10.7. The van der Waals surface area contributed by atoms with Crippen molar-refractivity contribution in [1.29, 1.82) is 0 Å². The van der Waals surface area contributed by atoms with Crippen LogP contribution in [0.1, 0.15) is 77.7 Å². The van der Waals surface area contributed by atoms with Crippen molar-refractivity contribution in [2.45, 2.75) is 83.2 Å². The molecule has 2 heterocycles. The predicted molar refractivity (Wildman–Crippen MR) is 122 cm³/mol. The molecule has 1 aromatic rings. The van der Waals surface area contributed by atoms with Crippen LogP contribution in [0.5, 0.6) is 11.5 Å². The Morgan fingerprint density at radius 3 is 2.61 bits per heavy atom. The van der Waals surface area contributed by atoms with Gasteiger partial charge in [0, 0.05) is 17.5 Å². The van der Waals surface area contributed by atoms with Gasteiger partial charge in [-0.05, 0) is 83.7 Å². The van der Waals surface area contributed by atoms with Crippen LogP contribution in [0.25, 0.3) is 0 Å². The van der Waals surface area contributed by atoms with Gasteiger partial charge in [-0.3, -0.25) is 4.79 Å². The monoisotopic (exact) mass is 429 g/mol. The molecule has 3 aliphatic rings. The van der Waals surface area contributed by atoms with Gasteiger partial charge in [0.2, 0.25) is 0 Å². The molecule has 5 nitrogen and oxygen atoms in total. The van der Waals surface area contributed by atoms with Gasteiger partial charge in [-0.1, -0.05) is 19.3 Å². The number of hydrogen-bond acceptors (Lipinski definition) is 5. The van der Waals surface area contributed by atoms with Crippen LogP contribution in [-0.2, 0) is 14.9 Å². The second-order valence-corrected chi connectivity index (χ2v) is 10.7. The quantitative estimate of drug-likeness (QED) is 0.589. The zero-order chi connectivity index (χ0) is 21.9. The first-order valence-electron chi connectivity index (χ1n) is 12.2. The van der Waals surface area contributed by atoms with E-state index in [2.05, 4.69) is 23.1 Å². The van der Waals surface area contributed by atoms with Gasteiger partial charge >= 0.3 is 5.97 Å². The van der Waals surface area contributed by atoms with Crippen molar-refractivity contribution >= 4 is 5.97 Å². The molecule has 1 saturated heterocycles. The Morgan fingerprint density at radius 1 is 1.16 bits per heavy atom. The fourth-order valence-corrected chi connectivity index (χ4v) is 5.26. The van der Waals surface area contributed by atoms with Crippen molar-refractivity contribution in [1.82, 2.24) is 4.90 Å². The SMILES string of the molecule is CC(C)(C)OC(=O)CCN1CCC2(CC1)COc1ccc(OCC3CCCCC3)cc12. The van der Waals surface area contributed by atoms with Crippen LogP contribution in [0.15, 0.2) is 18.2 Å². The summed E-state index contributed by atoms with van der Waals surface area (Å²) in [5, 5.41) is 0. The minimum atomic E-state index is -0.412. The molecule has 0 atom stereocenters. The third kappa shape index (κ3) is 5.74. The number of fused-ring (bicyclic) bond motifs is 2. The third-order valence-electron chi connectivity index (χ3n) is 7.10. The lowest BCUT2D eigenvalue weighted by Gasteiger charge is -2.38. The second kappa shape index (κ2) is 9.40. The van der Waals surface area contributed by atoms with Crippen LogP contribution in [0.3, 0.4) is 0 Å².